The Morgan fingerprint density at radius 3 is 2.81 bits per heavy atom. The summed E-state index contributed by atoms with van der Waals surface area (Å²) in [6, 6.07) is 2.44. The van der Waals surface area contributed by atoms with Gasteiger partial charge in [0.2, 0.25) is 0 Å². The second-order valence-corrected chi connectivity index (χ2v) is 6.37. The van der Waals surface area contributed by atoms with Crippen LogP contribution in [0.25, 0.3) is 0 Å². The lowest BCUT2D eigenvalue weighted by atomic mass is 10.0. The third-order valence-electron chi connectivity index (χ3n) is 3.78. The van der Waals surface area contributed by atoms with E-state index in [0.717, 1.165) is 36.4 Å². The number of likely N-dealkylation sites (tertiary alicyclic amines) is 1. The predicted octanol–water partition coefficient (Wildman–Crippen LogP) is 1.65. The van der Waals surface area contributed by atoms with E-state index in [1.165, 1.54) is 11.3 Å². The topological polar surface area (TPSA) is 43.8 Å². The van der Waals surface area contributed by atoms with Gasteiger partial charge in [-0.1, -0.05) is 11.8 Å². The van der Waals surface area contributed by atoms with Crippen LogP contribution in [0.1, 0.15) is 34.5 Å². The predicted molar refractivity (Wildman–Crippen MR) is 85.5 cm³/mol. The van der Waals surface area contributed by atoms with Crippen molar-refractivity contribution in [3.63, 3.8) is 0 Å². The Bertz CT molecular complexity index is 534. The Labute approximate surface area is 130 Å². The standard InChI is InChI=1S/C16H22N2O2S/c1-17(2)14-6-8-18(9-7-14)16(20)13-11-15(21-12-13)5-3-4-10-19/h11-12,14,19H,4,6-10H2,1-2H3. The summed E-state index contributed by atoms with van der Waals surface area (Å²) in [4.78, 5) is 17.5. The average Bonchev–Trinajstić information content (AvgIpc) is 2.96. The molecule has 0 aliphatic carbocycles. The summed E-state index contributed by atoms with van der Waals surface area (Å²) >= 11 is 1.49. The van der Waals surface area contributed by atoms with Crippen LogP contribution in [-0.4, -0.2) is 60.6 Å². The number of rotatable bonds is 3. The van der Waals surface area contributed by atoms with E-state index < -0.39 is 0 Å². The van der Waals surface area contributed by atoms with Crippen LogP contribution >= 0.6 is 11.3 Å². The van der Waals surface area contributed by atoms with Gasteiger partial charge in [-0.2, -0.15) is 0 Å². The van der Waals surface area contributed by atoms with E-state index in [2.05, 4.69) is 30.8 Å². The van der Waals surface area contributed by atoms with Gasteiger partial charge >= 0.3 is 0 Å². The quantitative estimate of drug-likeness (QED) is 0.864. The Balaban J connectivity index is 1.94. The van der Waals surface area contributed by atoms with Gasteiger partial charge in [-0.3, -0.25) is 4.79 Å². The molecule has 1 amide bonds. The highest BCUT2D eigenvalue weighted by Crippen LogP contribution is 2.20. The van der Waals surface area contributed by atoms with Gasteiger partial charge in [0.25, 0.3) is 5.91 Å². The van der Waals surface area contributed by atoms with Gasteiger partial charge < -0.3 is 14.9 Å². The van der Waals surface area contributed by atoms with Gasteiger partial charge in [-0.25, -0.2) is 0 Å². The summed E-state index contributed by atoms with van der Waals surface area (Å²) in [5, 5.41) is 10.6. The zero-order chi connectivity index (χ0) is 15.2. The Morgan fingerprint density at radius 1 is 1.48 bits per heavy atom. The number of aliphatic hydroxyl groups excluding tert-OH is 1. The van der Waals surface area contributed by atoms with Crippen LogP contribution in [0.3, 0.4) is 0 Å². The van der Waals surface area contributed by atoms with Gasteiger partial charge in [-0.05, 0) is 33.0 Å². The second-order valence-electron chi connectivity index (χ2n) is 5.46. The molecule has 21 heavy (non-hydrogen) atoms. The van der Waals surface area contributed by atoms with Crippen molar-refractivity contribution < 1.29 is 9.90 Å². The molecule has 0 aromatic carbocycles. The number of hydrogen-bond donors (Lipinski definition) is 1. The van der Waals surface area contributed by atoms with Crippen LogP contribution in [0.15, 0.2) is 11.4 Å². The molecule has 4 nitrogen and oxygen atoms in total. The van der Waals surface area contributed by atoms with Gasteiger partial charge in [-0.15, -0.1) is 11.3 Å². The van der Waals surface area contributed by atoms with Gasteiger partial charge in [0.1, 0.15) is 0 Å². The largest absolute Gasteiger partial charge is 0.395 e. The van der Waals surface area contributed by atoms with Crippen molar-refractivity contribution in [1.29, 1.82) is 0 Å². The monoisotopic (exact) mass is 306 g/mol. The molecule has 1 aromatic rings. The van der Waals surface area contributed by atoms with Crippen molar-refractivity contribution in [3.05, 3.63) is 21.9 Å². The number of piperidine rings is 1. The molecular formula is C16H22N2O2S. The maximum absolute atomic E-state index is 12.5. The number of amides is 1. The van der Waals surface area contributed by atoms with Crippen LogP contribution in [0, 0.1) is 11.8 Å². The molecule has 1 aromatic heterocycles. The molecule has 1 fully saturated rings. The van der Waals surface area contributed by atoms with E-state index in [-0.39, 0.29) is 12.5 Å². The Morgan fingerprint density at radius 2 is 2.19 bits per heavy atom. The summed E-state index contributed by atoms with van der Waals surface area (Å²) in [5.74, 6) is 5.97. The fourth-order valence-electron chi connectivity index (χ4n) is 2.49. The molecular weight excluding hydrogens is 284 g/mol. The van der Waals surface area contributed by atoms with Crippen molar-refractivity contribution in [1.82, 2.24) is 9.80 Å². The minimum Gasteiger partial charge on any atom is -0.395 e. The second kappa shape index (κ2) is 7.60. The van der Waals surface area contributed by atoms with E-state index in [1.807, 2.05) is 16.3 Å². The molecule has 1 aliphatic rings. The van der Waals surface area contributed by atoms with Gasteiger partial charge in [0, 0.05) is 30.9 Å². The number of carbonyl (C=O) groups is 1. The first kappa shape index (κ1) is 16.0. The SMILES string of the molecule is CN(C)C1CCN(C(=O)c2csc(C#CCCO)c2)CC1. The number of hydrogen-bond acceptors (Lipinski definition) is 4. The molecule has 114 valence electrons. The molecule has 0 bridgehead atoms. The molecule has 1 N–H and O–H groups in total. The van der Waals surface area contributed by atoms with Crippen molar-refractivity contribution >= 4 is 17.2 Å². The maximum atomic E-state index is 12.5. The first-order chi connectivity index (χ1) is 10.1. The summed E-state index contributed by atoms with van der Waals surface area (Å²) < 4.78 is 0. The van der Waals surface area contributed by atoms with E-state index in [1.54, 1.807) is 0 Å². The smallest absolute Gasteiger partial charge is 0.254 e. The lowest BCUT2D eigenvalue weighted by Crippen LogP contribution is -2.44. The molecule has 5 heteroatoms. The average molecular weight is 306 g/mol. The minimum absolute atomic E-state index is 0.0744. The number of carbonyl (C=O) groups excluding carboxylic acids is 1. The third kappa shape index (κ3) is 4.31. The molecule has 0 atom stereocenters. The zero-order valence-corrected chi connectivity index (χ0v) is 13.4. The lowest BCUT2D eigenvalue weighted by molar-refractivity contribution is 0.0664. The van der Waals surface area contributed by atoms with Gasteiger partial charge in [0.05, 0.1) is 17.0 Å². The van der Waals surface area contributed by atoms with Crippen molar-refractivity contribution in [2.75, 3.05) is 33.8 Å². The highest BCUT2D eigenvalue weighted by atomic mass is 32.1. The summed E-state index contributed by atoms with van der Waals surface area (Å²) in [6.07, 6.45) is 2.54. The van der Waals surface area contributed by atoms with Crippen LogP contribution in [0.5, 0.6) is 0 Å². The van der Waals surface area contributed by atoms with E-state index in [0.29, 0.717) is 12.5 Å². The van der Waals surface area contributed by atoms with Crippen molar-refractivity contribution in [2.24, 2.45) is 0 Å². The molecule has 0 spiro atoms. The molecule has 0 radical (unpaired) electrons. The normalized spacial score (nSPS) is 15.9. The molecule has 2 rings (SSSR count). The number of thiophene rings is 1. The lowest BCUT2D eigenvalue weighted by Gasteiger charge is -2.35. The summed E-state index contributed by atoms with van der Waals surface area (Å²) in [5.41, 5.74) is 0.733. The van der Waals surface area contributed by atoms with E-state index in [9.17, 15) is 4.79 Å². The number of aliphatic hydroxyl groups is 1. The van der Waals surface area contributed by atoms with E-state index in [4.69, 9.17) is 5.11 Å². The van der Waals surface area contributed by atoms with Crippen LogP contribution in [0.4, 0.5) is 0 Å². The number of nitrogens with zero attached hydrogens (tertiary/aromatic N) is 2. The van der Waals surface area contributed by atoms with Crippen LogP contribution in [0.2, 0.25) is 0 Å². The third-order valence-corrected chi connectivity index (χ3v) is 4.62. The molecule has 0 saturated carbocycles. The molecule has 0 unspecified atom stereocenters. The summed E-state index contributed by atoms with van der Waals surface area (Å²) in [7, 11) is 4.19. The van der Waals surface area contributed by atoms with Gasteiger partial charge in [0.15, 0.2) is 0 Å². The Kier molecular flexibility index (Phi) is 5.80. The fourth-order valence-corrected chi connectivity index (χ4v) is 3.24. The highest BCUT2D eigenvalue weighted by Gasteiger charge is 2.24. The fraction of sp³-hybridized carbons (Fsp3) is 0.562. The zero-order valence-electron chi connectivity index (χ0n) is 12.6. The van der Waals surface area contributed by atoms with E-state index >= 15 is 0 Å². The van der Waals surface area contributed by atoms with Crippen molar-refractivity contribution in [2.45, 2.75) is 25.3 Å². The minimum atomic E-state index is 0.0744. The maximum Gasteiger partial charge on any atom is 0.254 e. The first-order valence-corrected chi connectivity index (χ1v) is 8.13. The first-order valence-electron chi connectivity index (χ1n) is 7.25. The molecule has 1 aliphatic heterocycles. The molecule has 1 saturated heterocycles. The van der Waals surface area contributed by atoms with Crippen molar-refractivity contribution in [3.8, 4) is 11.8 Å². The van der Waals surface area contributed by atoms with Crippen LogP contribution in [-0.2, 0) is 0 Å². The highest BCUT2D eigenvalue weighted by molar-refractivity contribution is 7.10. The Hall–Kier alpha value is -1.35. The van der Waals surface area contributed by atoms with Crippen LogP contribution < -0.4 is 0 Å². The molecule has 2 heterocycles. The summed E-state index contributed by atoms with van der Waals surface area (Å²) in [6.45, 7) is 1.72.